The standard InChI is InChI=1S/C19H23NO3.ClH/c1-2-22-19(21)12-17(13-20)16-8-10-18(11-9-16)23-14-15-6-4-3-5-7-15;/h3-11,17H,2,12-14,20H2,1H3;1H/t17-;/m1./s1. The zero-order valence-electron chi connectivity index (χ0n) is 13.8. The lowest BCUT2D eigenvalue weighted by molar-refractivity contribution is -0.143. The van der Waals surface area contributed by atoms with Crippen LogP contribution in [-0.4, -0.2) is 19.1 Å². The first-order chi connectivity index (χ1) is 11.2. The molecule has 0 bridgehead atoms. The number of hydrogen-bond acceptors (Lipinski definition) is 4. The number of carbonyl (C=O) groups excluding carboxylic acids is 1. The monoisotopic (exact) mass is 349 g/mol. The summed E-state index contributed by atoms with van der Waals surface area (Å²) in [5, 5.41) is 0. The van der Waals surface area contributed by atoms with Gasteiger partial charge in [0.1, 0.15) is 12.4 Å². The summed E-state index contributed by atoms with van der Waals surface area (Å²) in [4.78, 5) is 11.6. The molecule has 0 heterocycles. The van der Waals surface area contributed by atoms with Crippen molar-refractivity contribution in [3.63, 3.8) is 0 Å². The van der Waals surface area contributed by atoms with Gasteiger partial charge in [-0.15, -0.1) is 12.4 Å². The van der Waals surface area contributed by atoms with Crippen molar-refractivity contribution in [2.45, 2.75) is 25.9 Å². The quantitative estimate of drug-likeness (QED) is 0.738. The van der Waals surface area contributed by atoms with E-state index in [0.717, 1.165) is 16.9 Å². The van der Waals surface area contributed by atoms with Gasteiger partial charge >= 0.3 is 5.97 Å². The average molecular weight is 350 g/mol. The Morgan fingerprint density at radius 3 is 2.33 bits per heavy atom. The molecule has 130 valence electrons. The normalized spacial score (nSPS) is 11.2. The van der Waals surface area contributed by atoms with Crippen LogP contribution in [-0.2, 0) is 16.1 Å². The molecule has 0 spiro atoms. The number of carbonyl (C=O) groups is 1. The summed E-state index contributed by atoms with van der Waals surface area (Å²) < 4.78 is 10.7. The highest BCUT2D eigenvalue weighted by Crippen LogP contribution is 2.22. The van der Waals surface area contributed by atoms with Crippen molar-refractivity contribution in [3.8, 4) is 5.75 Å². The summed E-state index contributed by atoms with van der Waals surface area (Å²) in [5.41, 5.74) is 7.93. The zero-order chi connectivity index (χ0) is 16.5. The molecule has 2 aromatic rings. The first kappa shape index (κ1) is 20.0. The maximum Gasteiger partial charge on any atom is 0.306 e. The molecule has 2 N–H and O–H groups in total. The van der Waals surface area contributed by atoms with E-state index >= 15 is 0 Å². The van der Waals surface area contributed by atoms with E-state index in [1.807, 2.05) is 54.6 Å². The van der Waals surface area contributed by atoms with Crippen LogP contribution in [0.5, 0.6) is 5.75 Å². The number of rotatable bonds is 8. The van der Waals surface area contributed by atoms with Crippen LogP contribution in [0.3, 0.4) is 0 Å². The summed E-state index contributed by atoms with van der Waals surface area (Å²) >= 11 is 0. The number of benzene rings is 2. The lowest BCUT2D eigenvalue weighted by Crippen LogP contribution is -2.18. The lowest BCUT2D eigenvalue weighted by Gasteiger charge is -2.15. The predicted octanol–water partition coefficient (Wildman–Crippen LogP) is 3.68. The summed E-state index contributed by atoms with van der Waals surface area (Å²) in [6, 6.07) is 17.7. The highest BCUT2D eigenvalue weighted by molar-refractivity contribution is 5.85. The van der Waals surface area contributed by atoms with Crippen LogP contribution in [0.25, 0.3) is 0 Å². The van der Waals surface area contributed by atoms with Gasteiger partial charge in [-0.25, -0.2) is 0 Å². The number of halogens is 1. The molecule has 0 amide bonds. The Labute approximate surface area is 149 Å². The van der Waals surface area contributed by atoms with Crippen LogP contribution in [0.15, 0.2) is 54.6 Å². The number of hydrogen-bond donors (Lipinski definition) is 1. The lowest BCUT2D eigenvalue weighted by atomic mass is 9.96. The summed E-state index contributed by atoms with van der Waals surface area (Å²) in [5.74, 6) is 0.550. The fourth-order valence-corrected chi connectivity index (χ4v) is 2.34. The molecule has 0 radical (unpaired) electrons. The summed E-state index contributed by atoms with van der Waals surface area (Å²) in [6.45, 7) is 3.13. The SMILES string of the molecule is CCOC(=O)C[C@H](CN)c1ccc(OCc2ccccc2)cc1.Cl. The third kappa shape index (κ3) is 6.22. The van der Waals surface area contributed by atoms with Crippen molar-refractivity contribution >= 4 is 18.4 Å². The summed E-state index contributed by atoms with van der Waals surface area (Å²) in [7, 11) is 0. The zero-order valence-corrected chi connectivity index (χ0v) is 14.6. The fraction of sp³-hybridized carbons (Fsp3) is 0.316. The third-order valence-electron chi connectivity index (χ3n) is 3.60. The molecule has 0 saturated carbocycles. The Morgan fingerprint density at radius 2 is 1.75 bits per heavy atom. The minimum absolute atomic E-state index is 0. The van der Waals surface area contributed by atoms with E-state index in [0.29, 0.717) is 26.2 Å². The fourth-order valence-electron chi connectivity index (χ4n) is 2.34. The molecule has 0 aliphatic heterocycles. The minimum atomic E-state index is -0.215. The molecule has 24 heavy (non-hydrogen) atoms. The maximum absolute atomic E-state index is 11.6. The van der Waals surface area contributed by atoms with Crippen LogP contribution < -0.4 is 10.5 Å². The second kappa shape index (κ2) is 10.7. The minimum Gasteiger partial charge on any atom is -0.489 e. The topological polar surface area (TPSA) is 61.5 Å². The molecule has 1 atom stereocenters. The molecule has 0 saturated heterocycles. The molecular weight excluding hydrogens is 326 g/mol. The van der Waals surface area contributed by atoms with Gasteiger partial charge in [0.05, 0.1) is 13.0 Å². The highest BCUT2D eigenvalue weighted by atomic mass is 35.5. The van der Waals surface area contributed by atoms with Crippen molar-refractivity contribution in [2.75, 3.05) is 13.2 Å². The van der Waals surface area contributed by atoms with E-state index in [2.05, 4.69) is 0 Å². The highest BCUT2D eigenvalue weighted by Gasteiger charge is 2.15. The number of nitrogens with two attached hydrogens (primary N) is 1. The van der Waals surface area contributed by atoms with Crippen LogP contribution in [0.4, 0.5) is 0 Å². The van der Waals surface area contributed by atoms with Crippen molar-refractivity contribution in [1.82, 2.24) is 0 Å². The third-order valence-corrected chi connectivity index (χ3v) is 3.60. The molecule has 0 unspecified atom stereocenters. The van der Waals surface area contributed by atoms with Gasteiger partial charge in [0, 0.05) is 5.92 Å². The van der Waals surface area contributed by atoms with E-state index < -0.39 is 0 Å². The predicted molar refractivity (Wildman–Crippen MR) is 97.5 cm³/mol. The molecular formula is C19H24ClNO3. The average Bonchev–Trinajstić information content (AvgIpc) is 2.59. The summed E-state index contributed by atoms with van der Waals surface area (Å²) in [6.07, 6.45) is 0.300. The molecule has 4 nitrogen and oxygen atoms in total. The Hall–Kier alpha value is -2.04. The second-order valence-electron chi connectivity index (χ2n) is 5.29. The Kier molecular flexibility index (Phi) is 8.90. The molecule has 5 heteroatoms. The molecule has 0 fully saturated rings. The smallest absolute Gasteiger partial charge is 0.306 e. The number of esters is 1. The van der Waals surface area contributed by atoms with E-state index in [4.69, 9.17) is 15.2 Å². The van der Waals surface area contributed by atoms with E-state index in [1.54, 1.807) is 6.92 Å². The van der Waals surface area contributed by atoms with Gasteiger partial charge in [-0.1, -0.05) is 42.5 Å². The van der Waals surface area contributed by atoms with Gasteiger partial charge in [-0.05, 0) is 36.7 Å². The van der Waals surface area contributed by atoms with Crippen molar-refractivity contribution in [2.24, 2.45) is 5.73 Å². The van der Waals surface area contributed by atoms with Crippen LogP contribution >= 0.6 is 12.4 Å². The van der Waals surface area contributed by atoms with Gasteiger partial charge in [0.2, 0.25) is 0 Å². The molecule has 2 aromatic carbocycles. The van der Waals surface area contributed by atoms with Gasteiger partial charge in [0.25, 0.3) is 0 Å². The Balaban J connectivity index is 0.00000288. The Morgan fingerprint density at radius 1 is 1.08 bits per heavy atom. The van der Waals surface area contributed by atoms with E-state index in [1.165, 1.54) is 0 Å². The first-order valence-electron chi connectivity index (χ1n) is 7.85. The van der Waals surface area contributed by atoms with Crippen molar-refractivity contribution in [1.29, 1.82) is 0 Å². The Bertz CT molecular complexity index is 602. The van der Waals surface area contributed by atoms with Crippen LogP contribution in [0.1, 0.15) is 30.4 Å². The van der Waals surface area contributed by atoms with Crippen molar-refractivity contribution < 1.29 is 14.3 Å². The second-order valence-corrected chi connectivity index (χ2v) is 5.29. The maximum atomic E-state index is 11.6. The van der Waals surface area contributed by atoms with Gasteiger partial charge in [0.15, 0.2) is 0 Å². The van der Waals surface area contributed by atoms with Gasteiger partial charge in [-0.3, -0.25) is 4.79 Å². The number of ether oxygens (including phenoxy) is 2. The molecule has 0 aromatic heterocycles. The largest absolute Gasteiger partial charge is 0.489 e. The van der Waals surface area contributed by atoms with Crippen LogP contribution in [0, 0.1) is 0 Å². The van der Waals surface area contributed by atoms with Crippen LogP contribution in [0.2, 0.25) is 0 Å². The van der Waals surface area contributed by atoms with Gasteiger partial charge in [-0.2, -0.15) is 0 Å². The molecule has 0 aliphatic rings. The molecule has 0 aliphatic carbocycles. The van der Waals surface area contributed by atoms with Crippen molar-refractivity contribution in [3.05, 3.63) is 65.7 Å². The van der Waals surface area contributed by atoms with E-state index in [-0.39, 0.29) is 24.3 Å². The first-order valence-corrected chi connectivity index (χ1v) is 7.85. The van der Waals surface area contributed by atoms with Gasteiger partial charge < -0.3 is 15.2 Å². The van der Waals surface area contributed by atoms with E-state index in [9.17, 15) is 4.79 Å². The molecule has 2 rings (SSSR count).